The molecule has 50 heavy (non-hydrogen) atoms. The summed E-state index contributed by atoms with van der Waals surface area (Å²) in [5.41, 5.74) is 35.0. The van der Waals surface area contributed by atoms with Gasteiger partial charge in [-0.3, -0.25) is 4.79 Å². The molecule has 292 valence electrons. The van der Waals surface area contributed by atoms with Crippen molar-refractivity contribution in [3.63, 3.8) is 0 Å². The van der Waals surface area contributed by atoms with Gasteiger partial charge in [0.15, 0.2) is 25.0 Å². The molecule has 1 saturated carbocycles. The van der Waals surface area contributed by atoms with Gasteiger partial charge in [-0.05, 0) is 6.42 Å². The molecule has 3 saturated heterocycles. The maximum Gasteiger partial charge on any atom is 0.252 e. The van der Waals surface area contributed by atoms with Crippen molar-refractivity contribution in [1.29, 1.82) is 0 Å². The first-order chi connectivity index (χ1) is 23.6. The standard InChI is InChI=1S/C27H52FN7O15/c28-6(2-29)14(37)24(44)35-8-1-7(32)21(48-25-12(33)18(41)16(39)9(3-30)45-25)23(15(8)38)50-27-20(43)22(11(5-36)47-27)49-26-13(34)19(42)17(40)10(4-31)46-26/h6-23,25-27,36-43H,1-5,29-34H2,(H,35,44). The van der Waals surface area contributed by atoms with Crippen LogP contribution >= 0.6 is 0 Å². The topological polar surface area (TPSA) is 402 Å². The van der Waals surface area contributed by atoms with Crippen molar-refractivity contribution in [2.75, 3.05) is 26.2 Å². The summed E-state index contributed by atoms with van der Waals surface area (Å²) < 4.78 is 48.7. The van der Waals surface area contributed by atoms with Gasteiger partial charge in [0.1, 0.15) is 79.4 Å². The highest BCUT2D eigenvalue weighted by molar-refractivity contribution is 5.81. The highest BCUT2D eigenvalue weighted by Crippen LogP contribution is 2.34. The number of ether oxygens (including phenoxy) is 6. The average molecular weight is 734 g/mol. The van der Waals surface area contributed by atoms with Crippen LogP contribution in [0.4, 0.5) is 4.39 Å². The van der Waals surface area contributed by atoms with Gasteiger partial charge in [-0.25, -0.2) is 4.39 Å². The number of carbonyl (C=O) groups is 1. The van der Waals surface area contributed by atoms with E-state index < -0.39 is 148 Å². The summed E-state index contributed by atoms with van der Waals surface area (Å²) in [6.07, 6.45) is -26.9. The van der Waals surface area contributed by atoms with Gasteiger partial charge >= 0.3 is 0 Å². The molecule has 0 radical (unpaired) electrons. The Hall–Kier alpha value is -1.40. The minimum absolute atomic E-state index is 0.228. The van der Waals surface area contributed by atoms with Gasteiger partial charge in [0, 0.05) is 25.7 Å². The molecule has 21 N–H and O–H groups in total. The SMILES string of the molecule is NCC(F)C(O)C(=O)NC1CC(N)C(OC2OC(CN)C(O)C(O)C2N)C(OC2OC(CO)C(OC3OC(CN)C(O)C(O)C3N)C2O)C1O. The number of nitrogens with two attached hydrogens (primary N) is 6. The second kappa shape index (κ2) is 17.6. The number of nitrogens with one attached hydrogen (secondary N) is 1. The third-order valence-electron chi connectivity index (χ3n) is 9.49. The van der Waals surface area contributed by atoms with Gasteiger partial charge in [-0.1, -0.05) is 0 Å². The number of alkyl halides is 1. The molecule has 1 amide bonds. The number of halogens is 1. The van der Waals surface area contributed by atoms with Gasteiger partial charge in [0.2, 0.25) is 0 Å². The van der Waals surface area contributed by atoms with Crippen LogP contribution in [0.3, 0.4) is 0 Å². The molecule has 21 atom stereocenters. The largest absolute Gasteiger partial charge is 0.394 e. The lowest BCUT2D eigenvalue weighted by Gasteiger charge is -2.48. The van der Waals surface area contributed by atoms with Gasteiger partial charge in [0.25, 0.3) is 5.91 Å². The smallest absolute Gasteiger partial charge is 0.252 e. The van der Waals surface area contributed by atoms with Crippen molar-refractivity contribution in [3.8, 4) is 0 Å². The van der Waals surface area contributed by atoms with Crippen LogP contribution < -0.4 is 39.7 Å². The third kappa shape index (κ3) is 8.53. The van der Waals surface area contributed by atoms with Crippen LogP contribution in [0.1, 0.15) is 6.42 Å². The molecule has 0 spiro atoms. The first kappa shape index (κ1) is 41.4. The molecule has 0 bridgehead atoms. The molecule has 4 aliphatic rings. The Morgan fingerprint density at radius 3 is 1.68 bits per heavy atom. The number of rotatable bonds is 13. The van der Waals surface area contributed by atoms with Crippen LogP contribution in [0.5, 0.6) is 0 Å². The van der Waals surface area contributed by atoms with Gasteiger partial charge in [0.05, 0.1) is 24.7 Å². The number of hydrogen-bond acceptors (Lipinski definition) is 21. The number of hydrogen-bond donors (Lipinski definition) is 15. The Kier molecular flexibility index (Phi) is 14.6. The molecule has 23 heteroatoms. The summed E-state index contributed by atoms with van der Waals surface area (Å²) in [6.45, 7) is -1.91. The monoisotopic (exact) mass is 733 g/mol. The van der Waals surface area contributed by atoms with Crippen molar-refractivity contribution in [2.45, 2.75) is 135 Å². The maximum absolute atomic E-state index is 14.0. The fourth-order valence-corrected chi connectivity index (χ4v) is 6.41. The van der Waals surface area contributed by atoms with Crippen LogP contribution in [-0.4, -0.2) is 202 Å². The van der Waals surface area contributed by atoms with Crippen LogP contribution in [0.15, 0.2) is 0 Å². The third-order valence-corrected chi connectivity index (χ3v) is 9.49. The van der Waals surface area contributed by atoms with E-state index in [1.807, 2.05) is 0 Å². The lowest BCUT2D eigenvalue weighted by molar-refractivity contribution is -0.307. The maximum atomic E-state index is 14.0. The van der Waals surface area contributed by atoms with Crippen LogP contribution in [-0.2, 0) is 33.2 Å². The predicted molar refractivity (Wildman–Crippen MR) is 162 cm³/mol. The van der Waals surface area contributed by atoms with Crippen molar-refractivity contribution < 1.29 is 78.5 Å². The van der Waals surface area contributed by atoms with E-state index in [9.17, 15) is 50.0 Å². The Bertz CT molecular complexity index is 1090. The highest BCUT2D eigenvalue weighted by Gasteiger charge is 2.55. The Balaban J connectivity index is 1.58. The molecule has 22 nitrogen and oxygen atoms in total. The van der Waals surface area contributed by atoms with E-state index >= 15 is 0 Å². The molecule has 0 aromatic carbocycles. The molecule has 21 unspecified atom stereocenters. The van der Waals surface area contributed by atoms with Gasteiger partial charge in [-0.15, -0.1) is 0 Å². The van der Waals surface area contributed by atoms with Crippen molar-refractivity contribution >= 4 is 5.91 Å². The molecular formula is C27H52FN7O15. The molecule has 3 heterocycles. The molecular weight excluding hydrogens is 681 g/mol. The number of aliphatic hydroxyl groups excluding tert-OH is 8. The first-order valence-electron chi connectivity index (χ1n) is 16.2. The number of amides is 1. The van der Waals surface area contributed by atoms with E-state index in [2.05, 4.69) is 5.32 Å². The van der Waals surface area contributed by atoms with Crippen molar-refractivity contribution in [2.24, 2.45) is 34.4 Å². The molecule has 0 aromatic heterocycles. The normalized spacial score (nSPS) is 48.3. The zero-order valence-electron chi connectivity index (χ0n) is 26.9. The van der Waals surface area contributed by atoms with Gasteiger partial charge < -0.3 is 109 Å². The molecule has 1 aliphatic carbocycles. The van der Waals surface area contributed by atoms with Crippen LogP contribution in [0.25, 0.3) is 0 Å². The Morgan fingerprint density at radius 1 is 0.720 bits per heavy atom. The molecule has 4 rings (SSSR count). The lowest BCUT2D eigenvalue weighted by atomic mass is 9.83. The van der Waals surface area contributed by atoms with E-state index in [-0.39, 0.29) is 19.5 Å². The zero-order valence-corrected chi connectivity index (χ0v) is 26.9. The fourth-order valence-electron chi connectivity index (χ4n) is 6.41. The summed E-state index contributed by atoms with van der Waals surface area (Å²) in [7, 11) is 0. The summed E-state index contributed by atoms with van der Waals surface area (Å²) in [6, 6.07) is -5.17. The first-order valence-corrected chi connectivity index (χ1v) is 16.2. The van der Waals surface area contributed by atoms with E-state index in [1.54, 1.807) is 0 Å². The summed E-state index contributed by atoms with van der Waals surface area (Å²) in [5.74, 6) is -1.23. The summed E-state index contributed by atoms with van der Waals surface area (Å²) >= 11 is 0. The quantitative estimate of drug-likeness (QED) is 0.0835. The predicted octanol–water partition coefficient (Wildman–Crippen LogP) is -10.1. The van der Waals surface area contributed by atoms with E-state index in [0.29, 0.717) is 0 Å². The molecule has 3 aliphatic heterocycles. The van der Waals surface area contributed by atoms with Gasteiger partial charge in [-0.2, -0.15) is 0 Å². The minimum Gasteiger partial charge on any atom is -0.394 e. The second-order valence-corrected chi connectivity index (χ2v) is 12.9. The van der Waals surface area contributed by atoms with E-state index in [4.69, 9.17) is 62.8 Å². The van der Waals surface area contributed by atoms with Crippen LogP contribution in [0, 0.1) is 0 Å². The number of carbonyl (C=O) groups excluding carboxylic acids is 1. The van der Waals surface area contributed by atoms with Crippen molar-refractivity contribution in [3.05, 3.63) is 0 Å². The zero-order chi connectivity index (χ0) is 37.2. The summed E-state index contributed by atoms with van der Waals surface area (Å²) in [5, 5.41) is 86.5. The van der Waals surface area contributed by atoms with Crippen molar-refractivity contribution in [1.82, 2.24) is 5.32 Å². The highest BCUT2D eigenvalue weighted by atomic mass is 19.1. The molecule has 0 aromatic rings. The second-order valence-electron chi connectivity index (χ2n) is 12.9. The lowest BCUT2D eigenvalue weighted by Crippen LogP contribution is -2.69. The van der Waals surface area contributed by atoms with E-state index in [1.165, 1.54) is 0 Å². The minimum atomic E-state index is -2.19. The molecule has 4 fully saturated rings. The van der Waals surface area contributed by atoms with Crippen LogP contribution in [0.2, 0.25) is 0 Å². The number of aliphatic hydroxyl groups is 8. The Labute approximate surface area is 285 Å². The average Bonchev–Trinajstić information content (AvgIpc) is 3.40. The fraction of sp³-hybridized carbons (Fsp3) is 0.963. The van der Waals surface area contributed by atoms with E-state index in [0.717, 1.165) is 0 Å². The Morgan fingerprint density at radius 2 is 1.20 bits per heavy atom. The summed E-state index contributed by atoms with van der Waals surface area (Å²) in [4.78, 5) is 12.6.